The van der Waals surface area contributed by atoms with Crippen LogP contribution in [0.25, 0.3) is 11.2 Å². The Kier molecular flexibility index (Phi) is 3.29. The highest BCUT2D eigenvalue weighted by Crippen LogP contribution is 2.21. The normalized spacial score (nSPS) is 16.5. The van der Waals surface area contributed by atoms with Crippen molar-refractivity contribution >= 4 is 17.0 Å². The van der Waals surface area contributed by atoms with E-state index in [2.05, 4.69) is 15.0 Å². The van der Waals surface area contributed by atoms with Gasteiger partial charge >= 0.3 is 6.08 Å². The number of ether oxygens (including phenoxy) is 1. The Morgan fingerprint density at radius 3 is 2.95 bits per heavy atom. The lowest BCUT2D eigenvalue weighted by molar-refractivity contribution is 0.0534. The highest BCUT2D eigenvalue weighted by molar-refractivity contribution is 5.81. The van der Waals surface area contributed by atoms with E-state index in [0.29, 0.717) is 30.4 Å². The van der Waals surface area contributed by atoms with Crippen LogP contribution >= 0.6 is 0 Å². The number of halogens is 1. The van der Waals surface area contributed by atoms with Gasteiger partial charge in [0.1, 0.15) is 5.52 Å². The second kappa shape index (κ2) is 5.08. The van der Waals surface area contributed by atoms with Gasteiger partial charge in [-0.05, 0) is 12.8 Å². The van der Waals surface area contributed by atoms with Crippen LogP contribution in [0.5, 0.6) is 0 Å². The maximum Gasteiger partial charge on any atom is 0.312 e. The molecule has 1 fully saturated rings. The van der Waals surface area contributed by atoms with Crippen LogP contribution in [-0.4, -0.2) is 32.2 Å². The summed E-state index contributed by atoms with van der Waals surface area (Å²) in [7, 11) is 0. The summed E-state index contributed by atoms with van der Waals surface area (Å²) in [5.41, 5.74) is 6.45. The van der Waals surface area contributed by atoms with E-state index in [1.54, 1.807) is 10.9 Å². The number of rotatable bonds is 4. The minimum absolute atomic E-state index is 0.0676. The predicted molar refractivity (Wildman–Crippen MR) is 67.9 cm³/mol. The Hall–Kier alpha value is -1.76. The van der Waals surface area contributed by atoms with Crippen molar-refractivity contribution in [2.75, 3.05) is 12.3 Å². The van der Waals surface area contributed by atoms with Gasteiger partial charge in [-0.25, -0.2) is 4.98 Å². The summed E-state index contributed by atoms with van der Waals surface area (Å²) in [5.74, 6) is 0.0676. The third-order valence-corrected chi connectivity index (χ3v) is 3.45. The van der Waals surface area contributed by atoms with Crippen molar-refractivity contribution in [2.24, 2.45) is 0 Å². The second-order valence-corrected chi connectivity index (χ2v) is 4.77. The van der Waals surface area contributed by atoms with Crippen LogP contribution in [0, 0.1) is 6.08 Å². The lowest BCUT2D eigenvalue weighted by atomic mass is 10.3. The third kappa shape index (κ3) is 2.51. The average Bonchev–Trinajstić information content (AvgIpc) is 2.99. The van der Waals surface area contributed by atoms with Crippen molar-refractivity contribution in [3.63, 3.8) is 0 Å². The minimum atomic E-state index is -0.830. The van der Waals surface area contributed by atoms with E-state index in [-0.39, 0.29) is 5.82 Å². The Bertz CT molecular complexity index is 579. The first-order valence-electron chi connectivity index (χ1n) is 6.49. The first-order chi connectivity index (χ1) is 9.24. The van der Waals surface area contributed by atoms with Crippen LogP contribution in [-0.2, 0) is 11.3 Å². The fraction of sp³-hybridized carbons (Fsp3) is 0.583. The molecule has 102 valence electrons. The smallest absolute Gasteiger partial charge is 0.312 e. The Morgan fingerprint density at radius 2 is 2.16 bits per heavy atom. The summed E-state index contributed by atoms with van der Waals surface area (Å²) < 4.78 is 20.7. The molecular weight excluding hydrogens is 249 g/mol. The molecule has 7 heteroatoms. The van der Waals surface area contributed by atoms with Crippen LogP contribution in [0.4, 0.5) is 10.2 Å². The van der Waals surface area contributed by atoms with Crippen LogP contribution in [0.15, 0.2) is 6.33 Å². The van der Waals surface area contributed by atoms with E-state index in [1.165, 1.54) is 12.8 Å². The summed E-state index contributed by atoms with van der Waals surface area (Å²) in [5, 5.41) is 0. The zero-order chi connectivity index (χ0) is 13.2. The molecule has 2 aromatic heterocycles. The summed E-state index contributed by atoms with van der Waals surface area (Å²) >= 11 is 0. The highest BCUT2D eigenvalue weighted by Gasteiger charge is 2.15. The molecule has 1 aliphatic carbocycles. The molecule has 2 heterocycles. The largest absolute Gasteiger partial charge is 0.382 e. The molecule has 0 aliphatic heterocycles. The molecule has 0 saturated heterocycles. The lowest BCUT2D eigenvalue weighted by Gasteiger charge is -2.11. The van der Waals surface area contributed by atoms with E-state index in [1.807, 2.05) is 0 Å². The molecule has 0 amide bonds. The fourth-order valence-electron chi connectivity index (χ4n) is 2.47. The van der Waals surface area contributed by atoms with Crippen LogP contribution in [0.2, 0.25) is 0 Å². The Balaban J connectivity index is 1.70. The van der Waals surface area contributed by atoms with Crippen LogP contribution in [0.3, 0.4) is 0 Å². The monoisotopic (exact) mass is 265 g/mol. The van der Waals surface area contributed by atoms with Crippen molar-refractivity contribution in [1.29, 1.82) is 0 Å². The number of hydrogen-bond acceptors (Lipinski definition) is 5. The van der Waals surface area contributed by atoms with Gasteiger partial charge < -0.3 is 15.0 Å². The predicted octanol–water partition coefficient (Wildman–Crippen LogP) is 1.51. The molecule has 0 spiro atoms. The molecule has 19 heavy (non-hydrogen) atoms. The molecule has 0 atom stereocenters. The van der Waals surface area contributed by atoms with Gasteiger partial charge in [0.05, 0.1) is 19.0 Å². The molecule has 2 N–H and O–H groups in total. The van der Waals surface area contributed by atoms with Crippen molar-refractivity contribution < 1.29 is 9.13 Å². The summed E-state index contributed by atoms with van der Waals surface area (Å²) in [4.78, 5) is 11.3. The molecule has 1 aliphatic rings. The molecule has 1 saturated carbocycles. The SMILES string of the molecule is Nc1nc(F)nc2c1ncn2CCOC1CCCC1. The van der Waals surface area contributed by atoms with E-state index >= 15 is 0 Å². The summed E-state index contributed by atoms with van der Waals surface area (Å²) in [6, 6.07) is 0. The van der Waals surface area contributed by atoms with Gasteiger partial charge in [-0.2, -0.15) is 14.4 Å². The lowest BCUT2D eigenvalue weighted by Crippen LogP contribution is -2.13. The van der Waals surface area contributed by atoms with E-state index in [4.69, 9.17) is 10.5 Å². The van der Waals surface area contributed by atoms with Gasteiger partial charge in [0.15, 0.2) is 11.5 Å². The van der Waals surface area contributed by atoms with E-state index in [0.717, 1.165) is 12.8 Å². The first-order valence-corrected chi connectivity index (χ1v) is 6.49. The number of imidazole rings is 1. The van der Waals surface area contributed by atoms with Gasteiger partial charge in [-0.3, -0.25) is 0 Å². The molecule has 0 bridgehead atoms. The van der Waals surface area contributed by atoms with Crippen molar-refractivity contribution in [2.45, 2.75) is 38.3 Å². The highest BCUT2D eigenvalue weighted by atomic mass is 19.1. The average molecular weight is 265 g/mol. The number of anilines is 1. The molecule has 6 nitrogen and oxygen atoms in total. The molecule has 0 unspecified atom stereocenters. The van der Waals surface area contributed by atoms with Gasteiger partial charge in [0.2, 0.25) is 0 Å². The van der Waals surface area contributed by atoms with Crippen LogP contribution in [0.1, 0.15) is 25.7 Å². The number of nitrogen functional groups attached to an aromatic ring is 1. The van der Waals surface area contributed by atoms with Crippen molar-refractivity contribution in [1.82, 2.24) is 19.5 Å². The fourth-order valence-corrected chi connectivity index (χ4v) is 2.47. The van der Waals surface area contributed by atoms with E-state index in [9.17, 15) is 4.39 Å². The standard InChI is InChI=1S/C12H16FN5O/c13-12-16-10(14)9-11(17-12)18(7-15-9)5-6-19-8-3-1-2-4-8/h7-8H,1-6H2,(H2,14,16,17). The zero-order valence-electron chi connectivity index (χ0n) is 10.5. The number of nitrogens with zero attached hydrogens (tertiary/aromatic N) is 4. The van der Waals surface area contributed by atoms with Gasteiger partial charge in [0, 0.05) is 6.54 Å². The maximum atomic E-state index is 13.1. The second-order valence-electron chi connectivity index (χ2n) is 4.77. The molecule has 3 rings (SSSR count). The molecular formula is C12H16FN5O. The van der Waals surface area contributed by atoms with E-state index < -0.39 is 6.08 Å². The molecule has 2 aromatic rings. The third-order valence-electron chi connectivity index (χ3n) is 3.45. The topological polar surface area (TPSA) is 78.9 Å². The van der Waals surface area contributed by atoms with Gasteiger partial charge in [-0.1, -0.05) is 12.8 Å². The van der Waals surface area contributed by atoms with Gasteiger partial charge in [-0.15, -0.1) is 0 Å². The first kappa shape index (κ1) is 12.3. The van der Waals surface area contributed by atoms with Crippen LogP contribution < -0.4 is 5.73 Å². The zero-order valence-corrected chi connectivity index (χ0v) is 10.5. The Labute approximate surface area is 109 Å². The number of fused-ring (bicyclic) bond motifs is 1. The van der Waals surface area contributed by atoms with Crippen molar-refractivity contribution in [3.05, 3.63) is 12.4 Å². The summed E-state index contributed by atoms with van der Waals surface area (Å²) in [6.45, 7) is 1.16. The number of hydrogen-bond donors (Lipinski definition) is 1. The van der Waals surface area contributed by atoms with Crippen molar-refractivity contribution in [3.8, 4) is 0 Å². The quantitative estimate of drug-likeness (QED) is 0.848. The molecule has 0 aromatic carbocycles. The Morgan fingerprint density at radius 1 is 1.37 bits per heavy atom. The summed E-state index contributed by atoms with van der Waals surface area (Å²) in [6.07, 6.45) is 5.88. The van der Waals surface area contributed by atoms with Gasteiger partial charge in [0.25, 0.3) is 0 Å². The minimum Gasteiger partial charge on any atom is -0.382 e. The maximum absolute atomic E-state index is 13.1. The number of nitrogens with two attached hydrogens (primary N) is 1. The molecule has 0 radical (unpaired) electrons. The number of aromatic nitrogens is 4.